The van der Waals surface area contributed by atoms with Crippen LogP contribution in [0.5, 0.6) is 0 Å². The summed E-state index contributed by atoms with van der Waals surface area (Å²) in [5.41, 5.74) is 6.19. The van der Waals surface area contributed by atoms with Gasteiger partial charge in [0.2, 0.25) is 5.91 Å². The van der Waals surface area contributed by atoms with E-state index < -0.39 is 0 Å². The molecular weight excluding hydrogens is 236 g/mol. The summed E-state index contributed by atoms with van der Waals surface area (Å²) < 4.78 is 0. The van der Waals surface area contributed by atoms with Crippen molar-refractivity contribution in [3.8, 4) is 0 Å². The Hall–Kier alpha value is -1.69. The van der Waals surface area contributed by atoms with Crippen LogP contribution in [0.2, 0.25) is 0 Å². The van der Waals surface area contributed by atoms with E-state index >= 15 is 0 Å². The van der Waals surface area contributed by atoms with Crippen molar-refractivity contribution >= 4 is 28.9 Å². The highest BCUT2D eigenvalue weighted by molar-refractivity contribution is 7.80. The molecule has 1 amide bonds. The standard InChI is InChI=1S/C11H16N4OS/c1-15(2)10(16)5-6-13-9-4-3-8(7-14-9)11(12)17/h3-4,7H,5-6H2,1-2H3,(H2,12,17)(H,13,14). The third-order valence-electron chi connectivity index (χ3n) is 2.19. The number of nitrogens with zero attached hydrogens (tertiary/aromatic N) is 2. The van der Waals surface area contributed by atoms with E-state index in [-0.39, 0.29) is 5.91 Å². The molecule has 1 heterocycles. The number of aromatic nitrogens is 1. The van der Waals surface area contributed by atoms with Crippen molar-refractivity contribution in [1.29, 1.82) is 0 Å². The summed E-state index contributed by atoms with van der Waals surface area (Å²) in [6, 6.07) is 3.58. The lowest BCUT2D eigenvalue weighted by atomic mass is 10.3. The van der Waals surface area contributed by atoms with Crippen LogP contribution in [0.3, 0.4) is 0 Å². The quantitative estimate of drug-likeness (QED) is 0.751. The van der Waals surface area contributed by atoms with Crippen LogP contribution in [-0.4, -0.2) is 41.4 Å². The number of rotatable bonds is 5. The Labute approximate surface area is 106 Å². The average molecular weight is 252 g/mol. The summed E-state index contributed by atoms with van der Waals surface area (Å²) in [7, 11) is 3.47. The molecule has 0 bridgehead atoms. The minimum atomic E-state index is 0.0808. The lowest BCUT2D eigenvalue weighted by Crippen LogP contribution is -2.24. The molecule has 5 nitrogen and oxygen atoms in total. The average Bonchev–Trinajstić information content (AvgIpc) is 2.29. The van der Waals surface area contributed by atoms with Gasteiger partial charge in [-0.15, -0.1) is 0 Å². The zero-order chi connectivity index (χ0) is 12.8. The lowest BCUT2D eigenvalue weighted by Gasteiger charge is -2.10. The maximum absolute atomic E-state index is 11.3. The molecule has 0 spiro atoms. The molecule has 0 aliphatic carbocycles. The van der Waals surface area contributed by atoms with Crippen LogP contribution in [0.4, 0.5) is 5.82 Å². The van der Waals surface area contributed by atoms with Gasteiger partial charge in [-0.3, -0.25) is 4.79 Å². The second kappa shape index (κ2) is 6.15. The third kappa shape index (κ3) is 4.36. The number of nitrogens with one attached hydrogen (secondary N) is 1. The van der Waals surface area contributed by atoms with Gasteiger partial charge >= 0.3 is 0 Å². The Bertz CT molecular complexity index is 402. The predicted octanol–water partition coefficient (Wildman–Crippen LogP) is 0.606. The third-order valence-corrected chi connectivity index (χ3v) is 2.43. The number of hydrogen-bond donors (Lipinski definition) is 2. The number of amides is 1. The molecule has 0 aromatic carbocycles. The summed E-state index contributed by atoms with van der Waals surface area (Å²) >= 11 is 4.82. The number of thiocarbonyl (C=S) groups is 1. The highest BCUT2D eigenvalue weighted by atomic mass is 32.1. The molecule has 0 saturated heterocycles. The maximum atomic E-state index is 11.3. The summed E-state index contributed by atoms with van der Waals surface area (Å²) in [6.45, 7) is 0.552. The molecule has 0 fully saturated rings. The van der Waals surface area contributed by atoms with Crippen molar-refractivity contribution in [2.75, 3.05) is 26.0 Å². The molecule has 1 aromatic rings. The van der Waals surface area contributed by atoms with E-state index in [4.69, 9.17) is 18.0 Å². The fourth-order valence-electron chi connectivity index (χ4n) is 1.17. The number of pyridine rings is 1. The summed E-state index contributed by atoms with van der Waals surface area (Å²) in [6.07, 6.45) is 2.05. The van der Waals surface area contributed by atoms with E-state index in [1.807, 2.05) is 0 Å². The van der Waals surface area contributed by atoms with Crippen molar-refractivity contribution in [2.45, 2.75) is 6.42 Å². The minimum absolute atomic E-state index is 0.0808. The van der Waals surface area contributed by atoms with Crippen LogP contribution >= 0.6 is 12.2 Å². The molecule has 3 N–H and O–H groups in total. The highest BCUT2D eigenvalue weighted by Crippen LogP contribution is 2.05. The van der Waals surface area contributed by atoms with Gasteiger partial charge in [-0.25, -0.2) is 4.98 Å². The molecule has 0 atom stereocenters. The largest absolute Gasteiger partial charge is 0.389 e. The molecule has 0 aliphatic rings. The van der Waals surface area contributed by atoms with Gasteiger partial charge in [-0.05, 0) is 12.1 Å². The number of nitrogens with two attached hydrogens (primary N) is 1. The predicted molar refractivity (Wildman–Crippen MR) is 71.9 cm³/mol. The van der Waals surface area contributed by atoms with E-state index in [1.54, 1.807) is 37.3 Å². The first kappa shape index (κ1) is 13.4. The van der Waals surface area contributed by atoms with Crippen molar-refractivity contribution in [3.63, 3.8) is 0 Å². The Kier molecular flexibility index (Phi) is 4.84. The Balaban J connectivity index is 2.42. The normalized spacial score (nSPS) is 9.76. The van der Waals surface area contributed by atoms with E-state index in [1.165, 1.54) is 0 Å². The van der Waals surface area contributed by atoms with E-state index in [9.17, 15) is 4.79 Å². The first-order valence-corrected chi connectivity index (χ1v) is 5.61. The second-order valence-corrected chi connectivity index (χ2v) is 4.20. The summed E-state index contributed by atoms with van der Waals surface area (Å²) in [4.78, 5) is 17.3. The molecule has 1 aromatic heterocycles. The van der Waals surface area contributed by atoms with Crippen LogP contribution < -0.4 is 11.1 Å². The lowest BCUT2D eigenvalue weighted by molar-refractivity contribution is -0.128. The summed E-state index contributed by atoms with van der Waals surface area (Å²) in [5.74, 6) is 0.786. The van der Waals surface area contributed by atoms with Crippen LogP contribution in [0, 0.1) is 0 Å². The Morgan fingerprint density at radius 2 is 2.24 bits per heavy atom. The van der Waals surface area contributed by atoms with Gasteiger partial charge in [-0.2, -0.15) is 0 Å². The van der Waals surface area contributed by atoms with Gasteiger partial charge in [0.15, 0.2) is 0 Å². The molecule has 0 unspecified atom stereocenters. The van der Waals surface area contributed by atoms with Gasteiger partial charge in [0.05, 0.1) is 0 Å². The van der Waals surface area contributed by atoms with Gasteiger partial charge in [0, 0.05) is 38.8 Å². The first-order valence-electron chi connectivity index (χ1n) is 5.20. The molecule has 0 saturated carbocycles. The van der Waals surface area contributed by atoms with Crippen molar-refractivity contribution in [2.24, 2.45) is 5.73 Å². The van der Waals surface area contributed by atoms with Crippen molar-refractivity contribution in [1.82, 2.24) is 9.88 Å². The van der Waals surface area contributed by atoms with E-state index in [0.717, 1.165) is 5.56 Å². The van der Waals surface area contributed by atoms with Gasteiger partial charge < -0.3 is 16.0 Å². The smallest absolute Gasteiger partial charge is 0.223 e. The highest BCUT2D eigenvalue weighted by Gasteiger charge is 2.03. The molecule has 0 radical (unpaired) electrons. The fourth-order valence-corrected chi connectivity index (χ4v) is 1.29. The monoisotopic (exact) mass is 252 g/mol. The number of hydrogen-bond acceptors (Lipinski definition) is 4. The first-order chi connectivity index (χ1) is 8.00. The van der Waals surface area contributed by atoms with Crippen molar-refractivity contribution in [3.05, 3.63) is 23.9 Å². The van der Waals surface area contributed by atoms with Crippen LogP contribution in [0.25, 0.3) is 0 Å². The molecular formula is C11H16N4OS. The Morgan fingerprint density at radius 3 is 2.71 bits per heavy atom. The molecule has 1 rings (SSSR count). The molecule has 92 valence electrons. The zero-order valence-corrected chi connectivity index (χ0v) is 10.8. The topological polar surface area (TPSA) is 71.2 Å². The summed E-state index contributed by atoms with van der Waals surface area (Å²) in [5, 5.41) is 3.05. The van der Waals surface area contributed by atoms with Gasteiger partial charge in [0.1, 0.15) is 10.8 Å². The molecule has 17 heavy (non-hydrogen) atoms. The molecule has 0 aliphatic heterocycles. The Morgan fingerprint density at radius 1 is 1.53 bits per heavy atom. The van der Waals surface area contributed by atoms with Crippen LogP contribution in [0.15, 0.2) is 18.3 Å². The fraction of sp³-hybridized carbons (Fsp3) is 0.364. The number of carbonyl (C=O) groups is 1. The van der Waals surface area contributed by atoms with E-state index in [0.29, 0.717) is 23.8 Å². The SMILES string of the molecule is CN(C)C(=O)CCNc1ccc(C(N)=S)cn1. The maximum Gasteiger partial charge on any atom is 0.223 e. The van der Waals surface area contributed by atoms with Crippen molar-refractivity contribution < 1.29 is 4.79 Å². The zero-order valence-electron chi connectivity index (χ0n) is 9.93. The van der Waals surface area contributed by atoms with Gasteiger partial charge in [-0.1, -0.05) is 12.2 Å². The molecule has 6 heteroatoms. The van der Waals surface area contributed by atoms with Crippen LogP contribution in [0.1, 0.15) is 12.0 Å². The second-order valence-electron chi connectivity index (χ2n) is 3.76. The van der Waals surface area contributed by atoms with Gasteiger partial charge in [0.25, 0.3) is 0 Å². The number of anilines is 1. The van der Waals surface area contributed by atoms with Crippen LogP contribution in [-0.2, 0) is 4.79 Å². The number of carbonyl (C=O) groups excluding carboxylic acids is 1. The van der Waals surface area contributed by atoms with E-state index in [2.05, 4.69) is 10.3 Å². The minimum Gasteiger partial charge on any atom is -0.389 e.